The molecule has 152 valence electrons. The Balaban J connectivity index is 1.54. The maximum absolute atomic E-state index is 11.7. The van der Waals surface area contributed by atoms with Gasteiger partial charge in [0.25, 0.3) is 0 Å². The molecule has 0 bridgehead atoms. The lowest BCUT2D eigenvalue weighted by molar-refractivity contribution is -0.0419. The van der Waals surface area contributed by atoms with Crippen molar-refractivity contribution >= 4 is 11.9 Å². The highest BCUT2D eigenvalue weighted by molar-refractivity contribution is 5.89. The number of carbonyl (C=O) groups is 2. The highest BCUT2D eigenvalue weighted by atomic mass is 16.6. The van der Waals surface area contributed by atoms with E-state index >= 15 is 0 Å². The topological polar surface area (TPSA) is 86.9 Å². The third kappa shape index (κ3) is 4.48. The van der Waals surface area contributed by atoms with Gasteiger partial charge in [-0.1, -0.05) is 24.3 Å². The summed E-state index contributed by atoms with van der Waals surface area (Å²) in [6.45, 7) is 1.23. The zero-order chi connectivity index (χ0) is 20.4. The fourth-order valence-corrected chi connectivity index (χ4v) is 3.23. The van der Waals surface area contributed by atoms with Gasteiger partial charge in [-0.05, 0) is 35.4 Å². The number of esters is 2. The zero-order valence-corrected chi connectivity index (χ0v) is 16.2. The van der Waals surface area contributed by atoms with Crippen molar-refractivity contribution in [1.82, 2.24) is 0 Å². The van der Waals surface area contributed by atoms with Crippen molar-refractivity contribution < 1.29 is 33.3 Å². The first-order valence-corrected chi connectivity index (χ1v) is 9.36. The molecule has 2 aromatic rings. The fraction of sp³-hybridized carbons (Fsp3) is 0.364. The Morgan fingerprint density at radius 3 is 1.38 bits per heavy atom. The van der Waals surface area contributed by atoms with Gasteiger partial charge in [-0.15, -0.1) is 0 Å². The number of epoxide rings is 2. The lowest BCUT2D eigenvalue weighted by atomic mass is 10.0. The van der Waals surface area contributed by atoms with Gasteiger partial charge in [0.1, 0.15) is 24.4 Å². The Kier molecular flexibility index (Phi) is 5.62. The molecule has 7 heteroatoms. The average Bonchev–Trinajstić information content (AvgIpc) is 3.67. The van der Waals surface area contributed by atoms with Crippen LogP contribution in [-0.2, 0) is 23.7 Å². The standard InChI is InChI=1S/C22H22O7/c1-25-21(23)15-7-3-13(4-8-15)19(17-11-27-17)29-20(18-12-28-18)14-5-9-16(10-6-14)22(24)26-2/h3-10,17-20H,11-12H2,1-2H3. The molecular formula is C22H22O7. The summed E-state index contributed by atoms with van der Waals surface area (Å²) in [5.41, 5.74) is 2.79. The minimum absolute atomic E-state index is 0.0467. The molecule has 0 saturated carbocycles. The lowest BCUT2D eigenvalue weighted by Crippen LogP contribution is -2.19. The molecule has 4 atom stereocenters. The first-order valence-electron chi connectivity index (χ1n) is 9.36. The molecule has 2 saturated heterocycles. The highest BCUT2D eigenvalue weighted by Gasteiger charge is 2.42. The minimum Gasteiger partial charge on any atom is -0.465 e. The second-order valence-corrected chi connectivity index (χ2v) is 6.95. The molecule has 4 unspecified atom stereocenters. The number of rotatable bonds is 8. The van der Waals surface area contributed by atoms with Gasteiger partial charge in [0.2, 0.25) is 0 Å². The molecule has 2 heterocycles. The smallest absolute Gasteiger partial charge is 0.337 e. The maximum Gasteiger partial charge on any atom is 0.337 e. The molecule has 0 radical (unpaired) electrons. The first-order chi connectivity index (χ1) is 14.1. The van der Waals surface area contributed by atoms with E-state index in [0.29, 0.717) is 24.3 Å². The van der Waals surface area contributed by atoms with Crippen molar-refractivity contribution in [3.8, 4) is 0 Å². The summed E-state index contributed by atoms with van der Waals surface area (Å²) >= 11 is 0. The maximum atomic E-state index is 11.7. The van der Waals surface area contributed by atoms with Crippen LogP contribution in [0.3, 0.4) is 0 Å². The molecule has 7 nitrogen and oxygen atoms in total. The molecule has 2 aliphatic rings. The summed E-state index contributed by atoms with van der Waals surface area (Å²) in [5.74, 6) is -0.765. The zero-order valence-electron chi connectivity index (χ0n) is 16.2. The average molecular weight is 398 g/mol. The largest absolute Gasteiger partial charge is 0.465 e. The van der Waals surface area contributed by atoms with E-state index in [2.05, 4.69) is 0 Å². The SMILES string of the molecule is COC(=O)c1ccc(C(OC(c2ccc(C(=O)OC)cc2)C2CO2)C2CO2)cc1. The van der Waals surface area contributed by atoms with E-state index in [1.54, 1.807) is 24.3 Å². The molecule has 0 amide bonds. The van der Waals surface area contributed by atoms with E-state index in [9.17, 15) is 9.59 Å². The van der Waals surface area contributed by atoms with Crippen molar-refractivity contribution in [2.75, 3.05) is 27.4 Å². The second-order valence-electron chi connectivity index (χ2n) is 6.95. The van der Waals surface area contributed by atoms with Crippen molar-refractivity contribution in [3.05, 3.63) is 70.8 Å². The summed E-state index contributed by atoms with van der Waals surface area (Å²) in [6, 6.07) is 14.3. The Bertz CT molecular complexity index is 794. The second kappa shape index (κ2) is 8.32. The summed E-state index contributed by atoms with van der Waals surface area (Å²) in [6.07, 6.45) is -0.684. The fourth-order valence-electron chi connectivity index (χ4n) is 3.23. The van der Waals surface area contributed by atoms with Gasteiger partial charge in [0.05, 0.1) is 38.6 Å². The molecule has 29 heavy (non-hydrogen) atoms. The summed E-state index contributed by atoms with van der Waals surface area (Å²) in [4.78, 5) is 23.3. The minimum atomic E-state index is -0.383. The molecular weight excluding hydrogens is 376 g/mol. The van der Waals surface area contributed by atoms with Gasteiger partial charge in [-0.25, -0.2) is 9.59 Å². The molecule has 0 aromatic heterocycles. The Labute approximate surface area is 168 Å². The number of benzene rings is 2. The Hall–Kier alpha value is -2.74. The van der Waals surface area contributed by atoms with Gasteiger partial charge in [-0.2, -0.15) is 0 Å². The predicted octanol–water partition coefficient (Wildman–Crippen LogP) is 2.86. The molecule has 0 aliphatic carbocycles. The number of methoxy groups -OCH3 is 2. The van der Waals surface area contributed by atoms with Crippen molar-refractivity contribution in [2.45, 2.75) is 24.4 Å². The number of hydrogen-bond donors (Lipinski definition) is 0. The van der Waals surface area contributed by atoms with Crippen LogP contribution >= 0.6 is 0 Å². The molecule has 4 rings (SSSR count). The van der Waals surface area contributed by atoms with E-state index < -0.39 is 0 Å². The van der Waals surface area contributed by atoms with Gasteiger partial charge in [0, 0.05) is 0 Å². The van der Waals surface area contributed by atoms with Crippen LogP contribution < -0.4 is 0 Å². The van der Waals surface area contributed by atoms with E-state index in [4.69, 9.17) is 23.7 Å². The monoisotopic (exact) mass is 398 g/mol. The van der Waals surface area contributed by atoms with E-state index in [0.717, 1.165) is 11.1 Å². The van der Waals surface area contributed by atoms with Gasteiger partial charge in [-0.3, -0.25) is 0 Å². The van der Waals surface area contributed by atoms with Gasteiger partial charge in [0.15, 0.2) is 0 Å². The number of hydrogen-bond acceptors (Lipinski definition) is 7. The first kappa shape index (κ1) is 19.6. The van der Waals surface area contributed by atoms with Crippen LogP contribution in [-0.4, -0.2) is 51.6 Å². The summed E-state index contributed by atoms with van der Waals surface area (Å²) < 4.78 is 27.0. The number of carbonyl (C=O) groups excluding carboxylic acids is 2. The molecule has 2 aliphatic heterocycles. The van der Waals surface area contributed by atoms with Crippen molar-refractivity contribution in [3.63, 3.8) is 0 Å². The third-order valence-electron chi connectivity index (χ3n) is 5.01. The van der Waals surface area contributed by atoms with Crippen LogP contribution in [0.1, 0.15) is 44.1 Å². The van der Waals surface area contributed by atoms with Crippen LogP contribution in [0.15, 0.2) is 48.5 Å². The predicted molar refractivity (Wildman–Crippen MR) is 102 cm³/mol. The van der Waals surface area contributed by atoms with E-state index in [-0.39, 0.29) is 36.4 Å². The molecule has 0 N–H and O–H groups in total. The highest BCUT2D eigenvalue weighted by Crippen LogP contribution is 2.40. The third-order valence-corrected chi connectivity index (χ3v) is 5.01. The summed E-state index contributed by atoms with van der Waals surface area (Å²) in [7, 11) is 2.71. The van der Waals surface area contributed by atoms with Crippen LogP contribution in [0, 0.1) is 0 Å². The van der Waals surface area contributed by atoms with Gasteiger partial charge < -0.3 is 23.7 Å². The number of ether oxygens (including phenoxy) is 5. The van der Waals surface area contributed by atoms with Crippen LogP contribution in [0.2, 0.25) is 0 Å². The molecule has 2 aromatic carbocycles. The quantitative estimate of drug-likeness (QED) is 0.499. The van der Waals surface area contributed by atoms with Crippen LogP contribution in [0.25, 0.3) is 0 Å². The molecule has 2 fully saturated rings. The normalized spacial score (nSPS) is 21.7. The van der Waals surface area contributed by atoms with Crippen molar-refractivity contribution in [1.29, 1.82) is 0 Å². The van der Waals surface area contributed by atoms with E-state index in [1.165, 1.54) is 14.2 Å². The lowest BCUT2D eigenvalue weighted by Gasteiger charge is -2.24. The Morgan fingerprint density at radius 2 is 1.10 bits per heavy atom. The molecule has 0 spiro atoms. The van der Waals surface area contributed by atoms with Crippen LogP contribution in [0.5, 0.6) is 0 Å². The van der Waals surface area contributed by atoms with Crippen LogP contribution in [0.4, 0.5) is 0 Å². The van der Waals surface area contributed by atoms with Crippen molar-refractivity contribution in [2.24, 2.45) is 0 Å². The Morgan fingerprint density at radius 1 is 0.759 bits per heavy atom. The summed E-state index contributed by atoms with van der Waals surface area (Å²) in [5, 5.41) is 0. The van der Waals surface area contributed by atoms with E-state index in [1.807, 2.05) is 24.3 Å². The van der Waals surface area contributed by atoms with Gasteiger partial charge >= 0.3 is 11.9 Å².